The second kappa shape index (κ2) is 8.80. The van der Waals surface area contributed by atoms with Crippen molar-refractivity contribution in [1.82, 2.24) is 9.55 Å². The van der Waals surface area contributed by atoms with Crippen LogP contribution < -0.4 is 10.3 Å². The first kappa shape index (κ1) is 21.4. The molecule has 0 bridgehead atoms. The summed E-state index contributed by atoms with van der Waals surface area (Å²) in [6.45, 7) is 4.72. The first-order valence-corrected chi connectivity index (χ1v) is 11.5. The molecule has 3 heterocycles. The van der Waals surface area contributed by atoms with Crippen LogP contribution in [0.3, 0.4) is 0 Å². The van der Waals surface area contributed by atoms with Crippen molar-refractivity contribution in [1.29, 1.82) is 0 Å². The number of hydrogen-bond donors (Lipinski definition) is 0. The van der Waals surface area contributed by atoms with Crippen LogP contribution in [0.5, 0.6) is 5.75 Å². The Balaban J connectivity index is 1.59. The Bertz CT molecular complexity index is 1410. The summed E-state index contributed by atoms with van der Waals surface area (Å²) in [6, 6.07) is 11.5. The van der Waals surface area contributed by atoms with Crippen LogP contribution in [0.2, 0.25) is 0 Å². The van der Waals surface area contributed by atoms with E-state index in [1.165, 1.54) is 11.3 Å². The molecule has 2 aromatic carbocycles. The number of aromatic nitrogens is 2. The van der Waals surface area contributed by atoms with Gasteiger partial charge in [-0.3, -0.25) is 9.36 Å². The largest absolute Gasteiger partial charge is 0.467 e. The number of aryl methyl sites for hydroxylation is 1. The first-order valence-electron chi connectivity index (χ1n) is 10.6. The number of esters is 1. The number of ether oxygens (including phenoxy) is 3. The van der Waals surface area contributed by atoms with Crippen LogP contribution in [0.4, 0.5) is 0 Å². The third-order valence-electron chi connectivity index (χ3n) is 5.56. The van der Waals surface area contributed by atoms with Gasteiger partial charge in [-0.25, -0.2) is 9.78 Å². The third-order valence-corrected chi connectivity index (χ3v) is 6.45. The van der Waals surface area contributed by atoms with Gasteiger partial charge in [0, 0.05) is 22.1 Å². The Hall–Kier alpha value is -3.49. The van der Waals surface area contributed by atoms with Gasteiger partial charge in [-0.2, -0.15) is 0 Å². The zero-order chi connectivity index (χ0) is 22.9. The molecule has 5 rings (SSSR count). The molecule has 0 unspecified atom stereocenters. The van der Waals surface area contributed by atoms with Gasteiger partial charge in [0.2, 0.25) is 0 Å². The van der Waals surface area contributed by atoms with Crippen molar-refractivity contribution >= 4 is 27.5 Å². The van der Waals surface area contributed by atoms with E-state index >= 15 is 0 Å². The van der Waals surface area contributed by atoms with E-state index in [2.05, 4.69) is 4.98 Å². The van der Waals surface area contributed by atoms with E-state index in [-0.39, 0.29) is 25.5 Å². The standard InChI is InChI=1S/C25H22N2O5S/c1-3-31-25(29)17-8-18(22-19(9-17)11-30-14-32-22)10-27-13-26-23-21(24(27)28)20(12-33-23)16-6-4-15(2)5-7-16/h4-9,12-13H,3,10-11,14H2,1-2H3. The van der Waals surface area contributed by atoms with E-state index in [4.69, 9.17) is 14.2 Å². The second-order valence-corrected chi connectivity index (χ2v) is 8.69. The van der Waals surface area contributed by atoms with Crippen LogP contribution in [-0.4, -0.2) is 28.9 Å². The van der Waals surface area contributed by atoms with E-state index < -0.39 is 5.97 Å². The van der Waals surface area contributed by atoms with Crippen molar-refractivity contribution in [3.05, 3.63) is 80.7 Å². The summed E-state index contributed by atoms with van der Waals surface area (Å²) < 4.78 is 17.8. The van der Waals surface area contributed by atoms with Gasteiger partial charge >= 0.3 is 5.97 Å². The van der Waals surface area contributed by atoms with Gasteiger partial charge in [-0.05, 0) is 31.5 Å². The topological polar surface area (TPSA) is 79.7 Å². The van der Waals surface area contributed by atoms with Gasteiger partial charge in [0.1, 0.15) is 10.6 Å². The number of benzene rings is 2. The monoisotopic (exact) mass is 462 g/mol. The van der Waals surface area contributed by atoms with E-state index in [0.717, 1.165) is 22.3 Å². The summed E-state index contributed by atoms with van der Waals surface area (Å²) in [5.74, 6) is 0.206. The molecule has 0 saturated heterocycles. The Morgan fingerprint density at radius 1 is 1.24 bits per heavy atom. The molecule has 2 aromatic heterocycles. The first-order chi connectivity index (χ1) is 16.0. The van der Waals surface area contributed by atoms with Crippen LogP contribution in [0.25, 0.3) is 21.3 Å². The van der Waals surface area contributed by atoms with Gasteiger partial charge in [0.25, 0.3) is 5.56 Å². The average molecular weight is 463 g/mol. The molecule has 33 heavy (non-hydrogen) atoms. The number of carbonyl (C=O) groups is 1. The van der Waals surface area contributed by atoms with Crippen LogP contribution in [0.1, 0.15) is 34.0 Å². The molecule has 0 aliphatic carbocycles. The third kappa shape index (κ3) is 4.03. The molecule has 0 saturated carbocycles. The Labute approximate surface area is 194 Å². The van der Waals surface area contributed by atoms with E-state index in [1.54, 1.807) is 30.0 Å². The molecule has 0 atom stereocenters. The van der Waals surface area contributed by atoms with Crippen molar-refractivity contribution in [2.24, 2.45) is 0 Å². The van der Waals surface area contributed by atoms with Crippen molar-refractivity contribution in [2.45, 2.75) is 27.0 Å². The average Bonchev–Trinajstić information content (AvgIpc) is 3.26. The predicted octanol–water partition coefficient (Wildman–Crippen LogP) is 4.52. The Kier molecular flexibility index (Phi) is 5.70. The van der Waals surface area contributed by atoms with E-state index in [0.29, 0.717) is 33.7 Å². The minimum absolute atomic E-state index is 0.118. The summed E-state index contributed by atoms with van der Waals surface area (Å²) in [4.78, 5) is 31.1. The Morgan fingerprint density at radius 2 is 2.06 bits per heavy atom. The van der Waals surface area contributed by atoms with Crippen LogP contribution >= 0.6 is 11.3 Å². The molecule has 0 fully saturated rings. The van der Waals surface area contributed by atoms with E-state index in [9.17, 15) is 9.59 Å². The molecule has 4 aromatic rings. The number of thiophene rings is 1. The van der Waals surface area contributed by atoms with Crippen molar-refractivity contribution in [3.63, 3.8) is 0 Å². The highest BCUT2D eigenvalue weighted by atomic mass is 32.1. The van der Waals surface area contributed by atoms with Crippen molar-refractivity contribution < 1.29 is 19.0 Å². The number of rotatable bonds is 5. The maximum absolute atomic E-state index is 13.5. The van der Waals surface area contributed by atoms with Crippen molar-refractivity contribution in [2.75, 3.05) is 13.4 Å². The molecule has 7 nitrogen and oxygen atoms in total. The molecule has 1 aliphatic heterocycles. The summed E-state index contributed by atoms with van der Waals surface area (Å²) in [5, 5.41) is 2.56. The number of nitrogens with zero attached hydrogens (tertiary/aromatic N) is 2. The maximum atomic E-state index is 13.5. The van der Waals surface area contributed by atoms with Gasteiger partial charge in [0.15, 0.2) is 6.79 Å². The highest BCUT2D eigenvalue weighted by Crippen LogP contribution is 2.32. The smallest absolute Gasteiger partial charge is 0.338 e. The fourth-order valence-electron chi connectivity index (χ4n) is 3.96. The summed E-state index contributed by atoms with van der Waals surface area (Å²) >= 11 is 1.45. The molecule has 0 amide bonds. The lowest BCUT2D eigenvalue weighted by atomic mass is 10.0. The van der Waals surface area contributed by atoms with Crippen LogP contribution in [-0.2, 0) is 22.6 Å². The lowest BCUT2D eigenvalue weighted by Gasteiger charge is -2.22. The SMILES string of the molecule is CCOC(=O)c1cc2c(c(Cn3cnc4scc(-c5ccc(C)cc5)c4c3=O)c1)OCOC2. The summed E-state index contributed by atoms with van der Waals surface area (Å²) in [6.07, 6.45) is 1.54. The van der Waals surface area contributed by atoms with Gasteiger partial charge in [-0.15, -0.1) is 11.3 Å². The molecule has 0 spiro atoms. The number of carbonyl (C=O) groups excluding carboxylic acids is 1. The quantitative estimate of drug-likeness (QED) is 0.406. The van der Waals surface area contributed by atoms with Gasteiger partial charge < -0.3 is 14.2 Å². The van der Waals surface area contributed by atoms with Gasteiger partial charge in [-0.1, -0.05) is 29.8 Å². The van der Waals surface area contributed by atoms with Crippen LogP contribution in [0, 0.1) is 6.92 Å². The molecule has 0 N–H and O–H groups in total. The van der Waals surface area contributed by atoms with Gasteiger partial charge in [0.05, 0.1) is 37.0 Å². The van der Waals surface area contributed by atoms with E-state index in [1.807, 2.05) is 36.6 Å². The zero-order valence-corrected chi connectivity index (χ0v) is 19.1. The molecule has 1 aliphatic rings. The highest BCUT2D eigenvalue weighted by molar-refractivity contribution is 7.17. The number of fused-ring (bicyclic) bond motifs is 2. The summed E-state index contributed by atoms with van der Waals surface area (Å²) in [5.41, 5.74) is 4.72. The molecular formula is C25H22N2O5S. The lowest BCUT2D eigenvalue weighted by molar-refractivity contribution is -0.0171. The lowest BCUT2D eigenvalue weighted by Crippen LogP contribution is -2.23. The highest BCUT2D eigenvalue weighted by Gasteiger charge is 2.21. The molecular weight excluding hydrogens is 440 g/mol. The molecule has 0 radical (unpaired) electrons. The predicted molar refractivity (Wildman–Crippen MR) is 126 cm³/mol. The second-order valence-electron chi connectivity index (χ2n) is 7.83. The molecule has 168 valence electrons. The fraction of sp³-hybridized carbons (Fsp3) is 0.240. The number of hydrogen-bond acceptors (Lipinski definition) is 7. The zero-order valence-electron chi connectivity index (χ0n) is 18.3. The fourth-order valence-corrected chi connectivity index (χ4v) is 4.86. The molecule has 8 heteroatoms. The maximum Gasteiger partial charge on any atom is 0.338 e. The Morgan fingerprint density at radius 3 is 2.85 bits per heavy atom. The van der Waals surface area contributed by atoms with Crippen LogP contribution in [0.15, 0.2) is 52.9 Å². The minimum Gasteiger partial charge on any atom is -0.467 e. The normalized spacial score (nSPS) is 12.9. The summed E-state index contributed by atoms with van der Waals surface area (Å²) in [7, 11) is 0. The van der Waals surface area contributed by atoms with Crippen molar-refractivity contribution in [3.8, 4) is 16.9 Å². The minimum atomic E-state index is -0.424.